The molecule has 0 radical (unpaired) electrons. The van der Waals surface area contributed by atoms with Crippen molar-refractivity contribution >= 4 is 22.3 Å². The molecule has 110 valence electrons. The molecule has 0 amide bonds. The average Bonchev–Trinajstić information content (AvgIpc) is 3.00. The smallest absolute Gasteiger partial charge is 0.311 e. The Morgan fingerprint density at radius 3 is 3.05 bits per heavy atom. The fraction of sp³-hybridized carbons (Fsp3) is 0.400. The maximum atomic E-state index is 11.2. The molecule has 21 heavy (non-hydrogen) atoms. The highest BCUT2D eigenvalue weighted by atomic mass is 16.6. The van der Waals surface area contributed by atoms with E-state index in [1.165, 1.54) is 6.20 Å². The van der Waals surface area contributed by atoms with Gasteiger partial charge in [0, 0.05) is 25.1 Å². The molecule has 1 aromatic heterocycles. The van der Waals surface area contributed by atoms with Crippen molar-refractivity contribution in [2.75, 3.05) is 25.1 Å². The first-order valence-electron chi connectivity index (χ1n) is 7.09. The van der Waals surface area contributed by atoms with Gasteiger partial charge in [-0.15, -0.1) is 0 Å². The van der Waals surface area contributed by atoms with Crippen molar-refractivity contribution in [3.8, 4) is 0 Å². The molecule has 1 aliphatic rings. The second kappa shape index (κ2) is 6.05. The number of nitrogens with zero attached hydrogens (tertiary/aromatic N) is 2. The third kappa shape index (κ3) is 2.95. The third-order valence-electron chi connectivity index (χ3n) is 3.83. The van der Waals surface area contributed by atoms with Gasteiger partial charge in [-0.2, -0.15) is 0 Å². The van der Waals surface area contributed by atoms with Crippen LogP contribution < -0.4 is 5.32 Å². The highest BCUT2D eigenvalue weighted by Crippen LogP contribution is 2.31. The van der Waals surface area contributed by atoms with Gasteiger partial charge < -0.3 is 10.1 Å². The Morgan fingerprint density at radius 1 is 1.43 bits per heavy atom. The number of aromatic nitrogens is 1. The normalized spacial score (nSPS) is 18.0. The van der Waals surface area contributed by atoms with Gasteiger partial charge in [0.2, 0.25) is 0 Å². The molecule has 1 atom stereocenters. The van der Waals surface area contributed by atoms with Gasteiger partial charge in [-0.05, 0) is 24.8 Å². The minimum atomic E-state index is -0.388. The van der Waals surface area contributed by atoms with E-state index in [-0.39, 0.29) is 10.6 Å². The lowest BCUT2D eigenvalue weighted by molar-refractivity contribution is -0.384. The van der Waals surface area contributed by atoms with Crippen LogP contribution in [0.1, 0.15) is 12.8 Å². The highest BCUT2D eigenvalue weighted by Gasteiger charge is 2.19. The molecule has 2 aromatic rings. The zero-order valence-electron chi connectivity index (χ0n) is 11.6. The number of benzene rings is 1. The van der Waals surface area contributed by atoms with Crippen molar-refractivity contribution in [2.24, 2.45) is 5.92 Å². The number of anilines is 1. The molecule has 1 unspecified atom stereocenters. The van der Waals surface area contributed by atoms with Gasteiger partial charge in [0.15, 0.2) is 0 Å². The molecular weight excluding hydrogens is 270 g/mol. The Labute approximate surface area is 122 Å². The van der Waals surface area contributed by atoms with Crippen LogP contribution in [-0.2, 0) is 4.74 Å². The zero-order valence-corrected chi connectivity index (χ0v) is 11.6. The molecule has 0 bridgehead atoms. The summed E-state index contributed by atoms with van der Waals surface area (Å²) in [4.78, 5) is 14.9. The van der Waals surface area contributed by atoms with Crippen LogP contribution in [0, 0.1) is 16.0 Å². The first-order valence-corrected chi connectivity index (χ1v) is 7.09. The SMILES string of the molecule is O=[N+]([O-])c1cnc2ccccc2c1NCCC1CCOC1. The summed E-state index contributed by atoms with van der Waals surface area (Å²) in [6, 6.07) is 7.45. The van der Waals surface area contributed by atoms with E-state index < -0.39 is 0 Å². The number of fused-ring (bicyclic) bond motifs is 1. The fourth-order valence-corrected chi connectivity index (χ4v) is 2.67. The van der Waals surface area contributed by atoms with Gasteiger partial charge in [0.05, 0.1) is 10.4 Å². The second-order valence-corrected chi connectivity index (χ2v) is 5.24. The molecule has 3 rings (SSSR count). The Kier molecular flexibility index (Phi) is 3.96. The summed E-state index contributed by atoms with van der Waals surface area (Å²) < 4.78 is 5.35. The summed E-state index contributed by atoms with van der Waals surface area (Å²) in [5, 5.41) is 15.2. The van der Waals surface area contributed by atoms with Gasteiger partial charge in [-0.1, -0.05) is 18.2 Å². The fourth-order valence-electron chi connectivity index (χ4n) is 2.67. The maximum Gasteiger partial charge on any atom is 0.311 e. The lowest BCUT2D eigenvalue weighted by atomic mass is 10.1. The predicted molar refractivity (Wildman–Crippen MR) is 80.4 cm³/mol. The lowest BCUT2D eigenvalue weighted by Crippen LogP contribution is -2.10. The van der Waals surface area contributed by atoms with E-state index in [9.17, 15) is 10.1 Å². The monoisotopic (exact) mass is 287 g/mol. The molecule has 1 aromatic carbocycles. The number of hydrogen-bond donors (Lipinski definition) is 1. The van der Waals surface area contributed by atoms with E-state index in [1.54, 1.807) is 0 Å². The molecule has 6 heteroatoms. The van der Waals surface area contributed by atoms with Gasteiger partial charge in [-0.25, -0.2) is 4.98 Å². The van der Waals surface area contributed by atoms with E-state index in [1.807, 2.05) is 24.3 Å². The number of pyridine rings is 1. The maximum absolute atomic E-state index is 11.2. The van der Waals surface area contributed by atoms with E-state index >= 15 is 0 Å². The predicted octanol–water partition coefficient (Wildman–Crippen LogP) is 2.98. The quantitative estimate of drug-likeness (QED) is 0.675. The van der Waals surface area contributed by atoms with Crippen LogP contribution in [0.15, 0.2) is 30.5 Å². The Hall–Kier alpha value is -2.21. The third-order valence-corrected chi connectivity index (χ3v) is 3.83. The van der Waals surface area contributed by atoms with Crippen LogP contribution in [-0.4, -0.2) is 29.7 Å². The molecule has 1 N–H and O–H groups in total. The molecule has 6 nitrogen and oxygen atoms in total. The van der Waals surface area contributed by atoms with Gasteiger partial charge in [0.1, 0.15) is 11.9 Å². The molecule has 2 heterocycles. The van der Waals surface area contributed by atoms with Crippen LogP contribution in [0.5, 0.6) is 0 Å². The van der Waals surface area contributed by atoms with Crippen LogP contribution in [0.4, 0.5) is 11.4 Å². The van der Waals surface area contributed by atoms with E-state index in [2.05, 4.69) is 10.3 Å². The van der Waals surface area contributed by atoms with Crippen molar-refractivity contribution in [1.29, 1.82) is 0 Å². The van der Waals surface area contributed by atoms with Crippen molar-refractivity contribution in [3.63, 3.8) is 0 Å². The van der Waals surface area contributed by atoms with Crippen LogP contribution in [0.25, 0.3) is 10.9 Å². The molecule has 1 saturated heterocycles. The first kappa shape index (κ1) is 13.8. The topological polar surface area (TPSA) is 77.3 Å². The molecular formula is C15H17N3O3. The van der Waals surface area contributed by atoms with Crippen LogP contribution >= 0.6 is 0 Å². The van der Waals surface area contributed by atoms with Gasteiger partial charge in [0.25, 0.3) is 0 Å². The standard InChI is InChI=1S/C15H17N3O3/c19-18(20)14-9-17-13-4-2-1-3-12(13)15(14)16-7-5-11-6-8-21-10-11/h1-4,9,11H,5-8,10H2,(H,16,17). The van der Waals surface area contributed by atoms with Crippen LogP contribution in [0.3, 0.4) is 0 Å². The molecule has 1 aliphatic heterocycles. The Balaban J connectivity index is 1.83. The number of hydrogen-bond acceptors (Lipinski definition) is 5. The summed E-state index contributed by atoms with van der Waals surface area (Å²) in [7, 11) is 0. The Morgan fingerprint density at radius 2 is 2.29 bits per heavy atom. The average molecular weight is 287 g/mol. The number of nitro groups is 1. The minimum absolute atomic E-state index is 0.0244. The first-order chi connectivity index (χ1) is 10.3. The van der Waals surface area contributed by atoms with E-state index in [0.29, 0.717) is 18.2 Å². The van der Waals surface area contributed by atoms with Gasteiger partial charge >= 0.3 is 5.69 Å². The summed E-state index contributed by atoms with van der Waals surface area (Å²) >= 11 is 0. The molecule has 1 fully saturated rings. The largest absolute Gasteiger partial charge is 0.381 e. The second-order valence-electron chi connectivity index (χ2n) is 5.24. The van der Waals surface area contributed by atoms with E-state index in [0.717, 1.165) is 37.0 Å². The molecule has 0 saturated carbocycles. The van der Waals surface area contributed by atoms with Crippen molar-refractivity contribution in [3.05, 3.63) is 40.6 Å². The summed E-state index contributed by atoms with van der Waals surface area (Å²) in [5.74, 6) is 0.546. The van der Waals surface area contributed by atoms with Crippen molar-refractivity contribution < 1.29 is 9.66 Å². The van der Waals surface area contributed by atoms with Gasteiger partial charge in [-0.3, -0.25) is 10.1 Å². The number of nitrogens with one attached hydrogen (secondary N) is 1. The lowest BCUT2D eigenvalue weighted by Gasteiger charge is -2.12. The number of rotatable bonds is 5. The molecule has 0 spiro atoms. The highest BCUT2D eigenvalue weighted by molar-refractivity contribution is 5.95. The van der Waals surface area contributed by atoms with E-state index in [4.69, 9.17) is 4.74 Å². The van der Waals surface area contributed by atoms with Crippen LogP contribution in [0.2, 0.25) is 0 Å². The van der Waals surface area contributed by atoms with Crippen molar-refractivity contribution in [2.45, 2.75) is 12.8 Å². The number of para-hydroxylation sites is 1. The Bertz CT molecular complexity index is 654. The summed E-state index contributed by atoms with van der Waals surface area (Å²) in [6.07, 6.45) is 3.35. The number of ether oxygens (including phenoxy) is 1. The minimum Gasteiger partial charge on any atom is -0.381 e. The summed E-state index contributed by atoms with van der Waals surface area (Å²) in [5.41, 5.74) is 1.34. The zero-order chi connectivity index (χ0) is 14.7. The van der Waals surface area contributed by atoms with Crippen molar-refractivity contribution in [1.82, 2.24) is 4.98 Å². The molecule has 0 aliphatic carbocycles. The summed E-state index contributed by atoms with van der Waals surface area (Å²) in [6.45, 7) is 2.31.